The molecule has 0 N–H and O–H groups in total. The van der Waals surface area contributed by atoms with Gasteiger partial charge in [-0.2, -0.15) is 0 Å². The van der Waals surface area contributed by atoms with Crippen molar-refractivity contribution in [2.75, 3.05) is 6.61 Å². The number of aryl methyl sites for hydroxylation is 2. The predicted octanol–water partition coefficient (Wildman–Crippen LogP) is 3.22. The molecule has 100 valence electrons. The molecule has 0 radical (unpaired) electrons. The average molecular weight is 267 g/mol. The highest BCUT2D eigenvalue weighted by Crippen LogP contribution is 2.35. The topological polar surface area (TPSA) is 39.2 Å². The maximum absolute atomic E-state index is 12.5. The van der Waals surface area contributed by atoms with Gasteiger partial charge in [-0.25, -0.2) is 4.98 Å². The molecule has 1 aliphatic rings. The summed E-state index contributed by atoms with van der Waals surface area (Å²) in [5.74, 6) is 0.218. The van der Waals surface area contributed by atoms with Crippen LogP contribution in [0.4, 0.5) is 0 Å². The number of nitrogens with zero attached hydrogens (tertiary/aromatic N) is 1. The van der Waals surface area contributed by atoms with Gasteiger partial charge in [0, 0.05) is 11.5 Å². The molecule has 3 nitrogen and oxygen atoms in total. The van der Waals surface area contributed by atoms with Crippen LogP contribution >= 0.6 is 11.3 Å². The number of carbonyl (C=O) groups excluding carboxylic acids is 1. The van der Waals surface area contributed by atoms with Crippen LogP contribution in [-0.2, 0) is 16.0 Å². The highest BCUT2D eigenvalue weighted by Gasteiger charge is 2.41. The molecule has 1 aliphatic carbocycles. The Balaban J connectivity index is 2.10. The Bertz CT molecular complexity index is 414. The number of hydrogen-bond donors (Lipinski definition) is 0. The van der Waals surface area contributed by atoms with Gasteiger partial charge in [0.15, 0.2) is 5.78 Å². The van der Waals surface area contributed by atoms with Gasteiger partial charge in [-0.1, -0.05) is 0 Å². The molecule has 0 atom stereocenters. The second-order valence-electron chi connectivity index (χ2n) is 4.98. The Kier molecular flexibility index (Phi) is 4.17. The van der Waals surface area contributed by atoms with Crippen molar-refractivity contribution in [3.63, 3.8) is 0 Å². The van der Waals surface area contributed by atoms with Crippen molar-refractivity contribution in [2.24, 2.45) is 0 Å². The first-order chi connectivity index (χ1) is 8.57. The molecule has 2 rings (SSSR count). The van der Waals surface area contributed by atoms with Crippen LogP contribution < -0.4 is 0 Å². The predicted molar refractivity (Wildman–Crippen MR) is 73.1 cm³/mol. The molecule has 0 unspecified atom stereocenters. The highest BCUT2D eigenvalue weighted by molar-refractivity contribution is 7.11. The van der Waals surface area contributed by atoms with E-state index in [1.807, 2.05) is 13.8 Å². The molecular formula is C14H21NO2S. The second-order valence-corrected chi connectivity index (χ2v) is 6.27. The fourth-order valence-electron chi connectivity index (χ4n) is 2.64. The molecule has 1 aromatic heterocycles. The first-order valence-electron chi connectivity index (χ1n) is 6.67. The molecule has 0 saturated heterocycles. The molecule has 0 bridgehead atoms. The summed E-state index contributed by atoms with van der Waals surface area (Å²) < 4.78 is 5.79. The van der Waals surface area contributed by atoms with Gasteiger partial charge in [-0.05, 0) is 46.5 Å². The van der Waals surface area contributed by atoms with Crippen LogP contribution in [0, 0.1) is 13.8 Å². The Morgan fingerprint density at radius 2 is 2.06 bits per heavy atom. The SMILES string of the molecule is CCOC1(C(=O)Cc2nc(C)c(C)s2)CCCC1. The summed E-state index contributed by atoms with van der Waals surface area (Å²) in [6.45, 7) is 6.62. The largest absolute Gasteiger partial charge is 0.367 e. The molecule has 1 saturated carbocycles. The fourth-order valence-corrected chi connectivity index (χ4v) is 3.57. The zero-order valence-corrected chi connectivity index (χ0v) is 12.2. The molecule has 1 heterocycles. The van der Waals surface area contributed by atoms with Crippen molar-refractivity contribution >= 4 is 17.1 Å². The van der Waals surface area contributed by atoms with Gasteiger partial charge < -0.3 is 4.74 Å². The summed E-state index contributed by atoms with van der Waals surface area (Å²) in [6.07, 6.45) is 4.38. The van der Waals surface area contributed by atoms with Gasteiger partial charge in [0.1, 0.15) is 10.6 Å². The number of Topliss-reactive ketones (excluding diaryl/α,β-unsaturated/α-hetero) is 1. The van der Waals surface area contributed by atoms with Crippen LogP contribution in [0.1, 0.15) is 48.2 Å². The zero-order valence-electron chi connectivity index (χ0n) is 11.4. The van der Waals surface area contributed by atoms with Crippen molar-refractivity contribution in [3.05, 3.63) is 15.6 Å². The van der Waals surface area contributed by atoms with E-state index in [2.05, 4.69) is 11.9 Å². The monoisotopic (exact) mass is 267 g/mol. The summed E-state index contributed by atoms with van der Waals surface area (Å²) in [5, 5.41) is 0.931. The van der Waals surface area contributed by atoms with Crippen LogP contribution in [0.5, 0.6) is 0 Å². The summed E-state index contributed by atoms with van der Waals surface area (Å²) >= 11 is 1.63. The Morgan fingerprint density at radius 1 is 1.39 bits per heavy atom. The first kappa shape index (κ1) is 13.7. The molecule has 0 aliphatic heterocycles. The number of hydrogen-bond acceptors (Lipinski definition) is 4. The number of ether oxygens (including phenoxy) is 1. The van der Waals surface area contributed by atoms with E-state index in [1.165, 1.54) is 4.88 Å². The smallest absolute Gasteiger partial charge is 0.171 e. The lowest BCUT2D eigenvalue weighted by Crippen LogP contribution is -2.40. The van der Waals surface area contributed by atoms with E-state index in [0.717, 1.165) is 36.4 Å². The third-order valence-corrected chi connectivity index (χ3v) is 4.80. The standard InChI is InChI=1S/C14H21NO2S/c1-4-17-14(7-5-6-8-14)12(16)9-13-15-10(2)11(3)18-13/h4-9H2,1-3H3. The number of carbonyl (C=O) groups is 1. The number of thiazole rings is 1. The van der Waals surface area contributed by atoms with Crippen LogP contribution in [0.2, 0.25) is 0 Å². The molecule has 1 fully saturated rings. The van der Waals surface area contributed by atoms with E-state index in [9.17, 15) is 4.79 Å². The molecule has 4 heteroatoms. The molecule has 0 amide bonds. The lowest BCUT2D eigenvalue weighted by molar-refractivity contribution is -0.142. The minimum atomic E-state index is -0.512. The highest BCUT2D eigenvalue weighted by atomic mass is 32.1. The second kappa shape index (κ2) is 5.49. The van der Waals surface area contributed by atoms with E-state index in [0.29, 0.717) is 13.0 Å². The third-order valence-electron chi connectivity index (χ3n) is 3.72. The summed E-state index contributed by atoms with van der Waals surface area (Å²) in [6, 6.07) is 0. The van der Waals surface area contributed by atoms with Crippen molar-refractivity contribution in [1.29, 1.82) is 0 Å². The van der Waals surface area contributed by atoms with Crippen LogP contribution in [0.3, 0.4) is 0 Å². The van der Waals surface area contributed by atoms with Crippen LogP contribution in [0.25, 0.3) is 0 Å². The van der Waals surface area contributed by atoms with Crippen molar-refractivity contribution in [2.45, 2.75) is 58.5 Å². The van der Waals surface area contributed by atoms with Gasteiger partial charge in [0.2, 0.25) is 0 Å². The summed E-state index contributed by atoms with van der Waals surface area (Å²) in [7, 11) is 0. The van der Waals surface area contributed by atoms with E-state index < -0.39 is 5.60 Å². The lowest BCUT2D eigenvalue weighted by atomic mass is 9.94. The van der Waals surface area contributed by atoms with E-state index in [1.54, 1.807) is 11.3 Å². The zero-order chi connectivity index (χ0) is 13.2. The molecule has 0 spiro atoms. The van der Waals surface area contributed by atoms with Gasteiger partial charge in [0.05, 0.1) is 12.1 Å². The summed E-state index contributed by atoms with van der Waals surface area (Å²) in [5.41, 5.74) is 0.530. The minimum absolute atomic E-state index is 0.218. The Morgan fingerprint density at radius 3 is 2.56 bits per heavy atom. The van der Waals surface area contributed by atoms with Gasteiger partial charge >= 0.3 is 0 Å². The quantitative estimate of drug-likeness (QED) is 0.822. The molecule has 18 heavy (non-hydrogen) atoms. The number of rotatable bonds is 5. The van der Waals surface area contributed by atoms with Crippen molar-refractivity contribution < 1.29 is 9.53 Å². The van der Waals surface area contributed by atoms with Gasteiger partial charge in [0.25, 0.3) is 0 Å². The maximum Gasteiger partial charge on any atom is 0.171 e. The Labute approximate surface area is 113 Å². The maximum atomic E-state index is 12.5. The third kappa shape index (κ3) is 2.64. The number of aromatic nitrogens is 1. The average Bonchev–Trinajstić information content (AvgIpc) is 2.89. The van der Waals surface area contributed by atoms with E-state index in [4.69, 9.17) is 4.74 Å². The van der Waals surface area contributed by atoms with E-state index in [-0.39, 0.29) is 5.78 Å². The lowest BCUT2D eigenvalue weighted by Gasteiger charge is -2.26. The molecule has 1 aromatic rings. The van der Waals surface area contributed by atoms with Crippen molar-refractivity contribution in [3.8, 4) is 0 Å². The van der Waals surface area contributed by atoms with Crippen LogP contribution in [0.15, 0.2) is 0 Å². The number of ketones is 1. The van der Waals surface area contributed by atoms with E-state index >= 15 is 0 Å². The van der Waals surface area contributed by atoms with Crippen LogP contribution in [-0.4, -0.2) is 23.0 Å². The minimum Gasteiger partial charge on any atom is -0.367 e. The Hall–Kier alpha value is -0.740. The fraction of sp³-hybridized carbons (Fsp3) is 0.714. The van der Waals surface area contributed by atoms with Gasteiger partial charge in [-0.3, -0.25) is 4.79 Å². The van der Waals surface area contributed by atoms with Gasteiger partial charge in [-0.15, -0.1) is 11.3 Å². The normalized spacial score (nSPS) is 18.2. The summed E-state index contributed by atoms with van der Waals surface area (Å²) in [4.78, 5) is 18.1. The molecular weight excluding hydrogens is 246 g/mol. The molecule has 0 aromatic carbocycles. The first-order valence-corrected chi connectivity index (χ1v) is 7.49. The van der Waals surface area contributed by atoms with Crippen molar-refractivity contribution in [1.82, 2.24) is 4.98 Å².